The van der Waals surface area contributed by atoms with Crippen molar-refractivity contribution in [3.8, 4) is 5.75 Å². The number of halogens is 1. The van der Waals surface area contributed by atoms with E-state index in [4.69, 9.17) is 21.1 Å². The van der Waals surface area contributed by atoms with Crippen LogP contribution in [0.25, 0.3) is 0 Å². The van der Waals surface area contributed by atoms with E-state index in [1.54, 1.807) is 48.5 Å². The van der Waals surface area contributed by atoms with Crippen LogP contribution in [-0.4, -0.2) is 47.9 Å². The molecule has 2 atom stereocenters. The van der Waals surface area contributed by atoms with Gasteiger partial charge in [0.15, 0.2) is 19.0 Å². The molecule has 0 spiro atoms. The Morgan fingerprint density at radius 2 is 1.48 bits per heavy atom. The fourth-order valence-electron chi connectivity index (χ4n) is 3.75. The largest absolute Gasteiger partial charge is 0.484 e. The topological polar surface area (TPSA) is 72.9 Å². The molecule has 0 aliphatic carbocycles. The number of likely N-dealkylation sites (tertiary alicyclic amines) is 1. The van der Waals surface area contributed by atoms with E-state index in [9.17, 15) is 14.4 Å². The van der Waals surface area contributed by atoms with Crippen molar-refractivity contribution in [1.82, 2.24) is 4.90 Å². The van der Waals surface area contributed by atoms with Gasteiger partial charge < -0.3 is 14.4 Å². The number of piperidine rings is 1. The molecule has 2 aromatic rings. The average molecular weight is 444 g/mol. The molecule has 1 heterocycles. The second kappa shape index (κ2) is 10.4. The van der Waals surface area contributed by atoms with Crippen molar-refractivity contribution < 1.29 is 23.9 Å². The summed E-state index contributed by atoms with van der Waals surface area (Å²) in [5.41, 5.74) is 0.712. The normalized spacial score (nSPS) is 18.4. The molecule has 6 nitrogen and oxygen atoms in total. The van der Waals surface area contributed by atoms with Crippen LogP contribution in [0, 0.1) is 0 Å². The van der Waals surface area contributed by atoms with E-state index >= 15 is 0 Å². The average Bonchev–Trinajstić information content (AvgIpc) is 2.76. The number of hydrogen-bond acceptors (Lipinski definition) is 5. The fourth-order valence-corrected chi connectivity index (χ4v) is 3.88. The first-order chi connectivity index (χ1) is 14.8. The zero-order valence-corrected chi connectivity index (χ0v) is 18.4. The summed E-state index contributed by atoms with van der Waals surface area (Å²) >= 11 is 5.80. The van der Waals surface area contributed by atoms with Gasteiger partial charge in [-0.05, 0) is 81.6 Å². The predicted octanol–water partition coefficient (Wildman–Crippen LogP) is 4.55. The fraction of sp³-hybridized carbons (Fsp3) is 0.375. The highest BCUT2D eigenvalue weighted by atomic mass is 35.5. The van der Waals surface area contributed by atoms with Crippen LogP contribution in [-0.2, 0) is 9.53 Å². The van der Waals surface area contributed by atoms with Crippen molar-refractivity contribution in [3.63, 3.8) is 0 Å². The van der Waals surface area contributed by atoms with Crippen LogP contribution in [0.5, 0.6) is 5.75 Å². The van der Waals surface area contributed by atoms with Crippen LogP contribution in [0.1, 0.15) is 53.8 Å². The van der Waals surface area contributed by atoms with Gasteiger partial charge in [-0.15, -0.1) is 0 Å². The van der Waals surface area contributed by atoms with Gasteiger partial charge in [-0.1, -0.05) is 11.6 Å². The minimum atomic E-state index is -0.610. The highest BCUT2D eigenvalue weighted by Crippen LogP contribution is 2.23. The Morgan fingerprint density at radius 3 is 2.10 bits per heavy atom. The zero-order valence-electron chi connectivity index (χ0n) is 17.7. The lowest BCUT2D eigenvalue weighted by atomic mass is 9.97. The zero-order chi connectivity index (χ0) is 22.4. The van der Waals surface area contributed by atoms with Crippen LogP contribution < -0.4 is 4.74 Å². The highest BCUT2D eigenvalue weighted by Gasteiger charge is 2.29. The Balaban J connectivity index is 1.49. The summed E-state index contributed by atoms with van der Waals surface area (Å²) in [5, 5.41) is 0.525. The van der Waals surface area contributed by atoms with Crippen LogP contribution >= 0.6 is 11.6 Å². The number of amides is 1. The maximum Gasteiger partial charge on any atom is 0.338 e. The van der Waals surface area contributed by atoms with Gasteiger partial charge >= 0.3 is 5.97 Å². The third-order valence-corrected chi connectivity index (χ3v) is 5.69. The Morgan fingerprint density at radius 1 is 0.903 bits per heavy atom. The second-order valence-electron chi connectivity index (χ2n) is 7.75. The number of ketones is 1. The van der Waals surface area contributed by atoms with Crippen molar-refractivity contribution in [2.75, 3.05) is 13.2 Å². The molecule has 1 saturated heterocycles. The molecule has 1 amide bonds. The Hall–Kier alpha value is -2.86. The van der Waals surface area contributed by atoms with Gasteiger partial charge in [0.05, 0.1) is 5.56 Å². The summed E-state index contributed by atoms with van der Waals surface area (Å²) in [6.45, 7) is 3.71. The molecule has 2 unspecified atom stereocenters. The molecule has 1 aliphatic heterocycles. The first-order valence-electron chi connectivity index (χ1n) is 10.3. The molecule has 0 N–H and O–H groups in total. The van der Waals surface area contributed by atoms with E-state index in [0.717, 1.165) is 19.3 Å². The van der Waals surface area contributed by atoms with E-state index in [2.05, 4.69) is 13.8 Å². The monoisotopic (exact) mass is 443 g/mol. The summed E-state index contributed by atoms with van der Waals surface area (Å²) in [4.78, 5) is 38.7. The number of Topliss-reactive ketones (excluding diaryl/α,β-unsaturated/α-hetero) is 1. The van der Waals surface area contributed by atoms with Gasteiger partial charge in [-0.25, -0.2) is 4.79 Å². The number of ether oxygens (including phenoxy) is 2. The van der Waals surface area contributed by atoms with Crippen molar-refractivity contribution in [2.45, 2.75) is 45.2 Å². The number of nitrogens with zero attached hydrogens (tertiary/aromatic N) is 1. The van der Waals surface area contributed by atoms with E-state index in [1.165, 1.54) is 0 Å². The first kappa shape index (κ1) is 22.8. The quantitative estimate of drug-likeness (QED) is 0.463. The molecular weight excluding hydrogens is 418 g/mol. The number of esters is 1. The lowest BCUT2D eigenvalue weighted by molar-refractivity contribution is -0.139. The van der Waals surface area contributed by atoms with Crippen molar-refractivity contribution >= 4 is 29.3 Å². The molecule has 7 heteroatoms. The predicted molar refractivity (Wildman–Crippen MR) is 118 cm³/mol. The third-order valence-electron chi connectivity index (χ3n) is 5.43. The van der Waals surface area contributed by atoms with Crippen LogP contribution in [0.4, 0.5) is 0 Å². The number of carbonyl (C=O) groups excluding carboxylic acids is 3. The molecule has 1 aliphatic rings. The maximum atomic E-state index is 12.5. The molecule has 0 saturated carbocycles. The summed E-state index contributed by atoms with van der Waals surface area (Å²) in [6.07, 6.45) is 3.15. The van der Waals surface area contributed by atoms with Gasteiger partial charge in [0.2, 0.25) is 0 Å². The van der Waals surface area contributed by atoms with E-state index in [0.29, 0.717) is 21.9 Å². The van der Waals surface area contributed by atoms with E-state index in [-0.39, 0.29) is 37.0 Å². The lowest BCUT2D eigenvalue weighted by Crippen LogP contribution is -2.49. The van der Waals surface area contributed by atoms with Crippen LogP contribution in [0.3, 0.4) is 0 Å². The Labute approximate surface area is 187 Å². The molecule has 0 aromatic heterocycles. The van der Waals surface area contributed by atoms with Crippen molar-refractivity contribution in [2.24, 2.45) is 0 Å². The number of benzene rings is 2. The summed E-state index contributed by atoms with van der Waals surface area (Å²) in [7, 11) is 0. The van der Waals surface area contributed by atoms with E-state index < -0.39 is 5.97 Å². The highest BCUT2D eigenvalue weighted by molar-refractivity contribution is 6.30. The van der Waals surface area contributed by atoms with Crippen LogP contribution in [0.15, 0.2) is 48.5 Å². The van der Waals surface area contributed by atoms with Gasteiger partial charge in [0.1, 0.15) is 5.75 Å². The minimum Gasteiger partial charge on any atom is -0.484 e. The van der Waals surface area contributed by atoms with E-state index in [1.807, 2.05) is 4.90 Å². The summed E-state index contributed by atoms with van der Waals surface area (Å²) in [6, 6.07) is 13.1. The molecule has 1 fully saturated rings. The number of rotatable bonds is 7. The number of hydrogen-bond donors (Lipinski definition) is 0. The van der Waals surface area contributed by atoms with Crippen molar-refractivity contribution in [1.29, 1.82) is 0 Å². The molecule has 2 aromatic carbocycles. The maximum absolute atomic E-state index is 12.5. The number of carbonyl (C=O) groups is 3. The summed E-state index contributed by atoms with van der Waals surface area (Å²) < 4.78 is 10.7. The smallest absolute Gasteiger partial charge is 0.338 e. The van der Waals surface area contributed by atoms with Gasteiger partial charge in [0, 0.05) is 22.7 Å². The molecule has 3 rings (SSSR count). The SMILES string of the molecule is CC1CCCC(C)N1C(=O)COc1ccc(C(=O)OCC(=O)c2ccc(Cl)cc2)cc1. The molecule has 31 heavy (non-hydrogen) atoms. The first-order valence-corrected chi connectivity index (χ1v) is 10.7. The molecule has 0 radical (unpaired) electrons. The van der Waals surface area contributed by atoms with Crippen molar-refractivity contribution in [3.05, 3.63) is 64.7 Å². The Bertz CT molecular complexity index is 916. The Kier molecular flexibility index (Phi) is 7.69. The molecule has 0 bridgehead atoms. The second-order valence-corrected chi connectivity index (χ2v) is 8.19. The third kappa shape index (κ3) is 6.07. The van der Waals surface area contributed by atoms with Gasteiger partial charge in [0.25, 0.3) is 5.91 Å². The van der Waals surface area contributed by atoms with Crippen LogP contribution in [0.2, 0.25) is 5.02 Å². The van der Waals surface area contributed by atoms with Gasteiger partial charge in [-0.2, -0.15) is 0 Å². The van der Waals surface area contributed by atoms with Gasteiger partial charge in [-0.3, -0.25) is 9.59 Å². The standard InChI is InChI=1S/C24H26ClNO5/c1-16-4-3-5-17(2)26(16)23(28)15-30-21-12-8-19(9-13-21)24(29)31-14-22(27)18-6-10-20(25)11-7-18/h6-13,16-17H,3-5,14-15H2,1-2H3. The lowest BCUT2D eigenvalue weighted by Gasteiger charge is -2.38. The molecule has 164 valence electrons. The summed E-state index contributed by atoms with van der Waals surface area (Å²) in [5.74, 6) is -0.478. The minimum absolute atomic E-state index is 0.0381. The molecular formula is C24H26ClNO5.